The highest BCUT2D eigenvalue weighted by molar-refractivity contribution is 5.29. The number of hydrogen-bond acceptors (Lipinski definition) is 1. The maximum Gasteiger partial charge on any atom is 0.0807 e. The molecule has 1 aromatic carbocycles. The third-order valence-electron chi connectivity index (χ3n) is 4.15. The molecular weight excluding hydrogens is 234 g/mol. The van der Waals surface area contributed by atoms with E-state index in [-0.39, 0.29) is 6.10 Å². The van der Waals surface area contributed by atoms with Crippen molar-refractivity contribution >= 4 is 0 Å². The lowest BCUT2D eigenvalue weighted by Crippen LogP contribution is -2.12. The van der Waals surface area contributed by atoms with Gasteiger partial charge in [-0.25, -0.2) is 0 Å². The van der Waals surface area contributed by atoms with E-state index in [1.165, 1.54) is 16.8 Å². The molecule has 2 nitrogen and oxygen atoms in total. The summed E-state index contributed by atoms with van der Waals surface area (Å²) in [4.78, 5) is 0. The summed E-state index contributed by atoms with van der Waals surface area (Å²) in [6, 6.07) is 10.9. The first-order valence-electron chi connectivity index (χ1n) is 7.21. The van der Waals surface area contributed by atoms with Crippen molar-refractivity contribution in [2.75, 3.05) is 0 Å². The molecule has 1 aromatic heterocycles. The zero-order valence-corrected chi connectivity index (χ0v) is 11.5. The van der Waals surface area contributed by atoms with Crippen LogP contribution < -0.4 is 0 Å². The predicted octanol–water partition coefficient (Wildman–Crippen LogP) is 3.47. The molecule has 2 aromatic rings. The Morgan fingerprint density at radius 1 is 1.16 bits per heavy atom. The minimum absolute atomic E-state index is 0.257. The van der Waals surface area contributed by atoms with Gasteiger partial charge in [0.25, 0.3) is 0 Å². The standard InChI is InChI=1S/C17H21NO/c1-2-13-6-8-14(9-7-13)12-18-11-10-15-16(18)4-3-5-17(15)19/h6-11,17,19H,2-5,12H2,1H3. The molecule has 0 fully saturated rings. The number of aryl methyl sites for hydroxylation is 1. The SMILES string of the molecule is CCc1ccc(Cn2ccc3c2CCCC3O)cc1. The fourth-order valence-corrected chi connectivity index (χ4v) is 2.96. The molecule has 1 aliphatic carbocycles. The second-order valence-electron chi connectivity index (χ2n) is 5.42. The minimum Gasteiger partial charge on any atom is -0.388 e. The zero-order valence-electron chi connectivity index (χ0n) is 11.5. The molecule has 1 heterocycles. The number of nitrogens with zero attached hydrogens (tertiary/aromatic N) is 1. The van der Waals surface area contributed by atoms with Gasteiger partial charge in [-0.1, -0.05) is 31.2 Å². The first kappa shape index (κ1) is 12.5. The van der Waals surface area contributed by atoms with E-state index in [0.717, 1.165) is 37.8 Å². The third-order valence-corrected chi connectivity index (χ3v) is 4.15. The summed E-state index contributed by atoms with van der Waals surface area (Å²) in [5, 5.41) is 10.00. The van der Waals surface area contributed by atoms with Crippen molar-refractivity contribution in [3.05, 3.63) is 58.9 Å². The lowest BCUT2D eigenvalue weighted by molar-refractivity contribution is 0.156. The van der Waals surface area contributed by atoms with Gasteiger partial charge in [-0.2, -0.15) is 0 Å². The Kier molecular flexibility index (Phi) is 3.43. The van der Waals surface area contributed by atoms with Gasteiger partial charge in [0.15, 0.2) is 0 Å². The molecular formula is C17H21NO. The van der Waals surface area contributed by atoms with E-state index >= 15 is 0 Å². The van der Waals surface area contributed by atoms with Crippen molar-refractivity contribution in [2.45, 2.75) is 45.3 Å². The fraction of sp³-hybridized carbons (Fsp3) is 0.412. The number of benzene rings is 1. The first-order chi connectivity index (χ1) is 9.28. The highest BCUT2D eigenvalue weighted by atomic mass is 16.3. The Labute approximate surface area is 114 Å². The molecule has 0 saturated heterocycles. The largest absolute Gasteiger partial charge is 0.388 e. The Bertz CT molecular complexity index is 553. The molecule has 0 bridgehead atoms. The summed E-state index contributed by atoms with van der Waals surface area (Å²) in [5.41, 5.74) is 5.17. The monoisotopic (exact) mass is 255 g/mol. The number of aliphatic hydroxyl groups excluding tert-OH is 1. The Morgan fingerprint density at radius 3 is 2.63 bits per heavy atom. The van der Waals surface area contributed by atoms with Crippen molar-refractivity contribution in [2.24, 2.45) is 0 Å². The van der Waals surface area contributed by atoms with Crippen LogP contribution in [0.3, 0.4) is 0 Å². The van der Waals surface area contributed by atoms with E-state index in [9.17, 15) is 5.11 Å². The quantitative estimate of drug-likeness (QED) is 0.892. The smallest absolute Gasteiger partial charge is 0.0807 e. The highest BCUT2D eigenvalue weighted by Crippen LogP contribution is 2.30. The van der Waals surface area contributed by atoms with Crippen LogP contribution in [0.2, 0.25) is 0 Å². The first-order valence-corrected chi connectivity index (χ1v) is 7.21. The maximum absolute atomic E-state index is 10.00. The van der Waals surface area contributed by atoms with Gasteiger partial charge in [-0.05, 0) is 42.9 Å². The van der Waals surface area contributed by atoms with Gasteiger partial charge in [-0.15, -0.1) is 0 Å². The van der Waals surface area contributed by atoms with Crippen molar-refractivity contribution in [3.63, 3.8) is 0 Å². The van der Waals surface area contributed by atoms with Crippen molar-refractivity contribution in [3.8, 4) is 0 Å². The highest BCUT2D eigenvalue weighted by Gasteiger charge is 2.20. The van der Waals surface area contributed by atoms with Crippen molar-refractivity contribution in [1.82, 2.24) is 4.57 Å². The number of hydrogen-bond donors (Lipinski definition) is 1. The number of fused-ring (bicyclic) bond motifs is 1. The molecule has 0 radical (unpaired) electrons. The van der Waals surface area contributed by atoms with Crippen LogP contribution in [-0.4, -0.2) is 9.67 Å². The average molecular weight is 255 g/mol. The molecule has 1 aliphatic rings. The lowest BCUT2D eigenvalue weighted by atomic mass is 9.95. The molecule has 19 heavy (non-hydrogen) atoms. The lowest BCUT2D eigenvalue weighted by Gasteiger charge is -2.20. The van der Waals surface area contributed by atoms with Gasteiger partial charge in [0.05, 0.1) is 6.10 Å². The van der Waals surface area contributed by atoms with Crippen molar-refractivity contribution in [1.29, 1.82) is 0 Å². The van der Waals surface area contributed by atoms with Gasteiger partial charge < -0.3 is 9.67 Å². The second kappa shape index (κ2) is 5.22. The number of rotatable bonds is 3. The molecule has 0 saturated carbocycles. The molecule has 2 heteroatoms. The van der Waals surface area contributed by atoms with Gasteiger partial charge in [-0.3, -0.25) is 0 Å². The van der Waals surface area contributed by atoms with Crippen LogP contribution in [0.25, 0.3) is 0 Å². The molecule has 0 aliphatic heterocycles. The maximum atomic E-state index is 10.00. The fourth-order valence-electron chi connectivity index (χ4n) is 2.96. The van der Waals surface area contributed by atoms with Crippen molar-refractivity contribution < 1.29 is 5.11 Å². The molecule has 3 rings (SSSR count). The Morgan fingerprint density at radius 2 is 1.89 bits per heavy atom. The van der Waals surface area contributed by atoms with Crippen LogP contribution in [0, 0.1) is 0 Å². The third kappa shape index (κ3) is 2.45. The van der Waals surface area contributed by atoms with Crippen LogP contribution in [0.1, 0.15) is 48.3 Å². The van der Waals surface area contributed by atoms with E-state index in [4.69, 9.17) is 0 Å². The van der Waals surface area contributed by atoms with Crippen LogP contribution in [0.15, 0.2) is 36.5 Å². The molecule has 1 N–H and O–H groups in total. The van der Waals surface area contributed by atoms with Gasteiger partial charge >= 0.3 is 0 Å². The molecule has 0 spiro atoms. The topological polar surface area (TPSA) is 25.2 Å². The van der Waals surface area contributed by atoms with E-state index in [1.54, 1.807) is 0 Å². The summed E-state index contributed by atoms with van der Waals surface area (Å²) >= 11 is 0. The van der Waals surface area contributed by atoms with Crippen LogP contribution in [0.4, 0.5) is 0 Å². The van der Waals surface area contributed by atoms with Gasteiger partial charge in [0.1, 0.15) is 0 Å². The molecule has 100 valence electrons. The number of aliphatic hydroxyl groups is 1. The van der Waals surface area contributed by atoms with E-state index < -0.39 is 0 Å². The van der Waals surface area contributed by atoms with Crippen LogP contribution in [0.5, 0.6) is 0 Å². The second-order valence-corrected chi connectivity index (χ2v) is 5.42. The molecule has 0 amide bonds. The van der Waals surface area contributed by atoms with Crippen LogP contribution >= 0.6 is 0 Å². The van der Waals surface area contributed by atoms with Crippen LogP contribution in [-0.2, 0) is 19.4 Å². The average Bonchev–Trinajstić information content (AvgIpc) is 2.84. The number of aromatic nitrogens is 1. The van der Waals surface area contributed by atoms with E-state index in [1.807, 2.05) is 0 Å². The normalized spacial score (nSPS) is 18.3. The minimum atomic E-state index is -0.257. The zero-order chi connectivity index (χ0) is 13.2. The molecule has 1 atom stereocenters. The summed E-state index contributed by atoms with van der Waals surface area (Å²) in [6.45, 7) is 3.09. The van der Waals surface area contributed by atoms with E-state index in [2.05, 4.69) is 48.0 Å². The summed E-state index contributed by atoms with van der Waals surface area (Å²) < 4.78 is 2.29. The Hall–Kier alpha value is -1.54. The predicted molar refractivity (Wildman–Crippen MR) is 77.3 cm³/mol. The van der Waals surface area contributed by atoms with Gasteiger partial charge in [0.2, 0.25) is 0 Å². The summed E-state index contributed by atoms with van der Waals surface area (Å²) in [7, 11) is 0. The summed E-state index contributed by atoms with van der Waals surface area (Å²) in [6.07, 6.45) is 6.03. The van der Waals surface area contributed by atoms with Gasteiger partial charge in [0, 0.05) is 24.0 Å². The van der Waals surface area contributed by atoms with E-state index in [0.29, 0.717) is 0 Å². The summed E-state index contributed by atoms with van der Waals surface area (Å²) in [5.74, 6) is 0. The Balaban J connectivity index is 1.83. The molecule has 1 unspecified atom stereocenters.